The lowest BCUT2D eigenvalue weighted by Crippen LogP contribution is -2.80. The Bertz CT molecular complexity index is 1540. The van der Waals surface area contributed by atoms with E-state index in [4.69, 9.17) is 4.42 Å². The molecule has 0 spiro atoms. The Morgan fingerprint density at radius 1 is 0.947 bits per heavy atom. The Balaban J connectivity index is 0.00000400. The lowest BCUT2D eigenvalue weighted by molar-refractivity contribution is -0.536. The van der Waals surface area contributed by atoms with Crippen LogP contribution in [0.1, 0.15) is 21.5 Å². The van der Waals surface area contributed by atoms with Crippen molar-refractivity contribution in [2.75, 3.05) is 18.4 Å². The molecule has 0 aromatic heterocycles. The molecule has 2 aromatic carbocycles. The predicted molar refractivity (Wildman–Crippen MR) is 126 cm³/mol. The maximum atomic E-state index is 12.8. The normalized spacial score (nSPS) is 12.6. The second kappa shape index (κ2) is 10.4. The largest absolute Gasteiger partial charge is 0.870 e. The number of halogens is 6. The van der Waals surface area contributed by atoms with Crippen LogP contribution in [0.5, 0.6) is 0 Å². The topological polar surface area (TPSA) is 106 Å². The summed E-state index contributed by atoms with van der Waals surface area (Å²) in [6, 6.07) is 12.1. The molecule has 1 aliphatic carbocycles. The third-order valence-electron chi connectivity index (χ3n) is 5.80. The Kier molecular flexibility index (Phi) is 7.78. The summed E-state index contributed by atoms with van der Waals surface area (Å²) in [7, 11) is 0. The van der Waals surface area contributed by atoms with Crippen molar-refractivity contribution in [3.63, 3.8) is 0 Å². The molecule has 4 N–H and O–H groups in total. The van der Waals surface area contributed by atoms with Crippen molar-refractivity contribution in [3.05, 3.63) is 70.6 Å². The van der Waals surface area contributed by atoms with Crippen molar-refractivity contribution in [2.45, 2.75) is 26.2 Å². The predicted octanol–water partition coefficient (Wildman–Crippen LogP) is 4.86. The number of carboxylic acid groups (broad SMARTS) is 1. The summed E-state index contributed by atoms with van der Waals surface area (Å²) < 4.78 is 82.8. The SMILES string of the molecule is Cc1cc2c(-c3ccccc3C(=O)O)c3cc(C)c(=[NH+]CC(F)(F)F)cc-3oc2cc1NCC(F)(F)F.[OH-]. The van der Waals surface area contributed by atoms with Crippen molar-refractivity contribution in [1.82, 2.24) is 0 Å². The van der Waals surface area contributed by atoms with Gasteiger partial charge in [0.1, 0.15) is 17.9 Å². The highest BCUT2D eigenvalue weighted by Gasteiger charge is 2.31. The lowest BCUT2D eigenvalue weighted by atomic mass is 9.89. The number of rotatable bonds is 5. The van der Waals surface area contributed by atoms with Gasteiger partial charge in [-0.15, -0.1) is 0 Å². The molecule has 0 saturated carbocycles. The number of aryl methyl sites for hydroxylation is 2. The van der Waals surface area contributed by atoms with Crippen LogP contribution in [0, 0.1) is 13.8 Å². The molecule has 2 aliphatic rings. The van der Waals surface area contributed by atoms with E-state index in [0.717, 1.165) is 0 Å². The zero-order chi connectivity index (χ0) is 27.1. The number of benzene rings is 3. The maximum Gasteiger partial charge on any atom is 0.448 e. The maximum absolute atomic E-state index is 12.8. The molecular weight excluding hydrogens is 518 g/mol. The molecule has 1 heterocycles. The average molecular weight is 540 g/mol. The number of hydrogen-bond donors (Lipinski definition) is 3. The van der Waals surface area contributed by atoms with E-state index in [-0.39, 0.29) is 33.4 Å². The first-order chi connectivity index (χ1) is 17.2. The Labute approximate surface area is 211 Å². The van der Waals surface area contributed by atoms with Crippen molar-refractivity contribution in [3.8, 4) is 22.5 Å². The van der Waals surface area contributed by atoms with E-state index < -0.39 is 31.4 Å². The number of hydrogen-bond acceptors (Lipinski definition) is 4. The summed E-state index contributed by atoms with van der Waals surface area (Å²) >= 11 is 0. The molecule has 0 amide bonds. The fraction of sp³-hybridized carbons (Fsp3) is 0.231. The summed E-state index contributed by atoms with van der Waals surface area (Å²) in [6.07, 6.45) is -8.94. The molecule has 12 heteroatoms. The molecule has 4 rings (SSSR count). The van der Waals surface area contributed by atoms with Gasteiger partial charge in [0, 0.05) is 33.8 Å². The van der Waals surface area contributed by atoms with Gasteiger partial charge in [0.15, 0.2) is 0 Å². The van der Waals surface area contributed by atoms with Gasteiger partial charge in [-0.05, 0) is 43.2 Å². The third-order valence-corrected chi connectivity index (χ3v) is 5.80. The summed E-state index contributed by atoms with van der Waals surface area (Å²) in [5, 5.41) is 12.7. The van der Waals surface area contributed by atoms with E-state index in [2.05, 4.69) is 10.3 Å². The van der Waals surface area contributed by atoms with Gasteiger partial charge in [0.05, 0.1) is 11.6 Å². The molecule has 202 valence electrons. The van der Waals surface area contributed by atoms with Gasteiger partial charge in [0.2, 0.25) is 11.9 Å². The lowest BCUT2D eigenvalue weighted by Gasteiger charge is -2.19. The summed E-state index contributed by atoms with van der Waals surface area (Å²) in [4.78, 5) is 14.3. The Morgan fingerprint density at radius 2 is 1.63 bits per heavy atom. The first kappa shape index (κ1) is 28.5. The molecule has 0 bridgehead atoms. The second-order valence-electron chi connectivity index (χ2n) is 8.59. The van der Waals surface area contributed by atoms with Crippen LogP contribution in [0.15, 0.2) is 52.9 Å². The van der Waals surface area contributed by atoms with Crippen LogP contribution in [-0.2, 0) is 0 Å². The fourth-order valence-electron chi connectivity index (χ4n) is 4.15. The number of carbonyl (C=O) groups is 1. The fourth-order valence-corrected chi connectivity index (χ4v) is 4.15. The molecule has 0 saturated heterocycles. The highest BCUT2D eigenvalue weighted by molar-refractivity contribution is 6.08. The van der Waals surface area contributed by atoms with Crippen LogP contribution in [-0.4, -0.2) is 42.0 Å². The summed E-state index contributed by atoms with van der Waals surface area (Å²) in [5.41, 5.74) is 2.37. The van der Waals surface area contributed by atoms with Crippen LogP contribution >= 0.6 is 0 Å². The molecule has 6 nitrogen and oxygen atoms in total. The molecule has 38 heavy (non-hydrogen) atoms. The van der Waals surface area contributed by atoms with E-state index in [9.17, 15) is 36.2 Å². The summed E-state index contributed by atoms with van der Waals surface area (Å²) in [5.74, 6) is -1.07. The van der Waals surface area contributed by atoms with Crippen molar-refractivity contribution >= 4 is 22.6 Å². The monoisotopic (exact) mass is 540 g/mol. The third kappa shape index (κ3) is 6.08. The number of alkyl halides is 6. The van der Waals surface area contributed by atoms with Gasteiger partial charge >= 0.3 is 18.3 Å². The quantitative estimate of drug-likeness (QED) is 0.248. The van der Waals surface area contributed by atoms with Gasteiger partial charge < -0.3 is 20.3 Å². The summed E-state index contributed by atoms with van der Waals surface area (Å²) in [6.45, 7) is 0.633. The Hall–Kier alpha value is -4.06. The standard InChI is InChI=1S/C26H20F6N2O3.H2O/c1-13-7-17-21(9-19(13)33-11-25(27,28)29)37-22-10-20(34-12-26(30,31)32)14(2)8-18(22)23(17)15-5-3-4-6-16(15)24(35)36;/h3-10,33H,11-12H2,1-2H3,(H,35,36);1H2. The van der Waals surface area contributed by atoms with Crippen LogP contribution in [0.3, 0.4) is 0 Å². The second-order valence-corrected chi connectivity index (χ2v) is 8.59. The van der Waals surface area contributed by atoms with Crippen LogP contribution in [0.4, 0.5) is 32.0 Å². The molecule has 0 unspecified atom stereocenters. The highest BCUT2D eigenvalue weighted by atomic mass is 19.4. The zero-order valence-corrected chi connectivity index (χ0v) is 20.0. The highest BCUT2D eigenvalue weighted by Crippen LogP contribution is 2.42. The van der Waals surface area contributed by atoms with E-state index in [0.29, 0.717) is 33.2 Å². The minimum atomic E-state index is -4.47. The van der Waals surface area contributed by atoms with Gasteiger partial charge in [-0.3, -0.25) is 0 Å². The van der Waals surface area contributed by atoms with Crippen LogP contribution in [0.2, 0.25) is 0 Å². The van der Waals surface area contributed by atoms with Gasteiger partial charge in [-0.25, -0.2) is 9.79 Å². The number of fused-ring (bicyclic) bond motifs is 2. The zero-order valence-electron chi connectivity index (χ0n) is 20.0. The van der Waals surface area contributed by atoms with Crippen LogP contribution < -0.4 is 15.7 Å². The van der Waals surface area contributed by atoms with Gasteiger partial charge in [0.25, 0.3) is 0 Å². The minimum Gasteiger partial charge on any atom is -0.870 e. The molecule has 0 atom stereocenters. The first-order valence-corrected chi connectivity index (χ1v) is 11.0. The van der Waals surface area contributed by atoms with Gasteiger partial charge in [-0.2, -0.15) is 26.3 Å². The Morgan fingerprint density at radius 3 is 2.26 bits per heavy atom. The smallest absolute Gasteiger partial charge is 0.448 e. The van der Waals surface area contributed by atoms with Crippen molar-refractivity contribution in [2.24, 2.45) is 0 Å². The van der Waals surface area contributed by atoms with E-state index >= 15 is 0 Å². The number of aromatic carboxylic acids is 1. The molecule has 1 aliphatic heterocycles. The van der Waals surface area contributed by atoms with Crippen molar-refractivity contribution in [1.29, 1.82) is 0 Å². The van der Waals surface area contributed by atoms with Crippen LogP contribution in [0.25, 0.3) is 33.4 Å². The van der Waals surface area contributed by atoms with Crippen molar-refractivity contribution < 1.29 is 51.1 Å². The molecule has 2 aromatic rings. The molecular formula is C26H22F6N2O4. The number of anilines is 1. The average Bonchev–Trinajstić information content (AvgIpc) is 2.79. The molecule has 0 radical (unpaired) electrons. The molecule has 0 fully saturated rings. The van der Waals surface area contributed by atoms with E-state index in [1.807, 2.05) is 0 Å². The minimum absolute atomic E-state index is 0. The first-order valence-electron chi connectivity index (χ1n) is 11.0. The van der Waals surface area contributed by atoms with Gasteiger partial charge in [-0.1, -0.05) is 18.2 Å². The number of nitrogens with one attached hydrogen (secondary N) is 2. The number of carboxylic acids is 1. The van der Waals surface area contributed by atoms with E-state index in [1.165, 1.54) is 18.2 Å². The van der Waals surface area contributed by atoms with E-state index in [1.54, 1.807) is 44.2 Å².